The standard InChI is InChI=1S/C15H16N4OS/c1-20-15-10(5-4-8-17-15)12(19-16)9-14-18-11-6-2-3-7-13(11)21-14/h2-8,12,19H,9,16H2,1H3. The van der Waals surface area contributed by atoms with Crippen molar-refractivity contribution in [3.8, 4) is 5.88 Å². The monoisotopic (exact) mass is 300 g/mol. The van der Waals surface area contributed by atoms with Gasteiger partial charge in [-0.05, 0) is 18.2 Å². The molecule has 3 N–H and O–H groups in total. The quantitative estimate of drug-likeness (QED) is 0.559. The van der Waals surface area contributed by atoms with E-state index in [1.54, 1.807) is 24.6 Å². The predicted octanol–water partition coefficient (Wildman–Crippen LogP) is 2.45. The largest absolute Gasteiger partial charge is 0.481 e. The van der Waals surface area contributed by atoms with Crippen LogP contribution in [-0.2, 0) is 6.42 Å². The van der Waals surface area contributed by atoms with E-state index in [4.69, 9.17) is 10.6 Å². The maximum atomic E-state index is 5.71. The summed E-state index contributed by atoms with van der Waals surface area (Å²) in [5.41, 5.74) is 4.78. The van der Waals surface area contributed by atoms with Crippen LogP contribution in [-0.4, -0.2) is 17.1 Å². The molecule has 6 heteroatoms. The van der Waals surface area contributed by atoms with E-state index >= 15 is 0 Å². The zero-order chi connectivity index (χ0) is 14.7. The fourth-order valence-electron chi connectivity index (χ4n) is 2.28. The second-order valence-corrected chi connectivity index (χ2v) is 5.72. The van der Waals surface area contributed by atoms with Gasteiger partial charge in [0.25, 0.3) is 0 Å². The van der Waals surface area contributed by atoms with Crippen LogP contribution >= 0.6 is 11.3 Å². The average molecular weight is 300 g/mol. The number of nitrogens with zero attached hydrogens (tertiary/aromatic N) is 2. The molecule has 0 aliphatic heterocycles. The molecule has 0 bridgehead atoms. The molecule has 1 unspecified atom stereocenters. The van der Waals surface area contributed by atoms with E-state index in [1.807, 2.05) is 30.3 Å². The molecule has 1 aromatic carbocycles. The van der Waals surface area contributed by atoms with Gasteiger partial charge in [-0.2, -0.15) is 0 Å². The smallest absolute Gasteiger partial charge is 0.217 e. The number of hydrogen-bond acceptors (Lipinski definition) is 6. The van der Waals surface area contributed by atoms with Gasteiger partial charge in [0.2, 0.25) is 5.88 Å². The normalized spacial score (nSPS) is 12.5. The minimum Gasteiger partial charge on any atom is -0.481 e. The Morgan fingerprint density at radius 2 is 2.14 bits per heavy atom. The molecule has 1 atom stereocenters. The Morgan fingerprint density at radius 3 is 2.90 bits per heavy atom. The van der Waals surface area contributed by atoms with Gasteiger partial charge in [0.15, 0.2) is 0 Å². The average Bonchev–Trinajstić information content (AvgIpc) is 2.95. The third-order valence-electron chi connectivity index (χ3n) is 3.29. The molecule has 3 rings (SSSR count). The van der Waals surface area contributed by atoms with E-state index in [0.717, 1.165) is 16.1 Å². The highest BCUT2D eigenvalue weighted by Gasteiger charge is 2.18. The number of hydrogen-bond donors (Lipinski definition) is 2. The van der Waals surface area contributed by atoms with Crippen LogP contribution < -0.4 is 16.0 Å². The molecule has 0 fully saturated rings. The van der Waals surface area contributed by atoms with Crippen LogP contribution in [0.1, 0.15) is 16.6 Å². The number of para-hydroxylation sites is 1. The molecule has 0 spiro atoms. The molecular weight excluding hydrogens is 284 g/mol. The number of pyridine rings is 1. The molecule has 108 valence electrons. The van der Waals surface area contributed by atoms with Crippen LogP contribution in [0.3, 0.4) is 0 Å². The highest BCUT2D eigenvalue weighted by atomic mass is 32.1. The third kappa shape index (κ3) is 2.87. The van der Waals surface area contributed by atoms with Crippen molar-refractivity contribution >= 4 is 21.6 Å². The van der Waals surface area contributed by atoms with Crippen molar-refractivity contribution in [2.24, 2.45) is 5.84 Å². The second-order valence-electron chi connectivity index (χ2n) is 4.60. The number of hydrazine groups is 1. The molecule has 0 radical (unpaired) electrons. The van der Waals surface area contributed by atoms with E-state index in [9.17, 15) is 0 Å². The van der Waals surface area contributed by atoms with Crippen molar-refractivity contribution in [2.75, 3.05) is 7.11 Å². The molecule has 2 heterocycles. The Hall–Kier alpha value is -2.02. The minimum absolute atomic E-state index is 0.0887. The Balaban J connectivity index is 1.90. The fraction of sp³-hybridized carbons (Fsp3) is 0.200. The maximum Gasteiger partial charge on any atom is 0.217 e. The summed E-state index contributed by atoms with van der Waals surface area (Å²) in [6, 6.07) is 11.9. The molecule has 3 aromatic rings. The first-order chi connectivity index (χ1) is 10.3. The van der Waals surface area contributed by atoms with Crippen molar-refractivity contribution in [2.45, 2.75) is 12.5 Å². The van der Waals surface area contributed by atoms with Crippen molar-refractivity contribution in [3.05, 3.63) is 53.2 Å². The van der Waals surface area contributed by atoms with Gasteiger partial charge in [0.1, 0.15) is 0 Å². The summed E-state index contributed by atoms with van der Waals surface area (Å²) in [7, 11) is 1.61. The first-order valence-electron chi connectivity index (χ1n) is 6.61. The van der Waals surface area contributed by atoms with Gasteiger partial charge in [0, 0.05) is 18.2 Å². The molecule has 0 saturated heterocycles. The number of thiazole rings is 1. The second kappa shape index (κ2) is 6.17. The zero-order valence-electron chi connectivity index (χ0n) is 11.6. The molecule has 0 amide bonds. The van der Waals surface area contributed by atoms with Crippen LogP contribution in [0.2, 0.25) is 0 Å². The molecule has 21 heavy (non-hydrogen) atoms. The number of methoxy groups -OCH3 is 1. The van der Waals surface area contributed by atoms with E-state index < -0.39 is 0 Å². The van der Waals surface area contributed by atoms with Gasteiger partial charge in [-0.1, -0.05) is 18.2 Å². The summed E-state index contributed by atoms with van der Waals surface area (Å²) in [5.74, 6) is 6.30. The summed E-state index contributed by atoms with van der Waals surface area (Å²) in [6.45, 7) is 0. The number of rotatable bonds is 5. The van der Waals surface area contributed by atoms with Crippen LogP contribution in [0, 0.1) is 0 Å². The van der Waals surface area contributed by atoms with Crippen molar-refractivity contribution in [1.82, 2.24) is 15.4 Å². The first-order valence-corrected chi connectivity index (χ1v) is 7.43. The molecule has 2 aromatic heterocycles. The first kappa shape index (κ1) is 13.9. The SMILES string of the molecule is COc1ncccc1C(Cc1nc2ccccc2s1)NN. The van der Waals surface area contributed by atoms with Gasteiger partial charge in [0.05, 0.1) is 28.4 Å². The minimum atomic E-state index is -0.0887. The van der Waals surface area contributed by atoms with Gasteiger partial charge < -0.3 is 4.74 Å². The van der Waals surface area contributed by atoms with E-state index in [2.05, 4.69) is 21.5 Å². The summed E-state index contributed by atoms with van der Waals surface area (Å²) in [5, 5.41) is 1.03. The summed E-state index contributed by atoms with van der Waals surface area (Å²) >= 11 is 1.68. The van der Waals surface area contributed by atoms with Gasteiger partial charge >= 0.3 is 0 Å². The lowest BCUT2D eigenvalue weighted by atomic mass is 10.1. The molecule has 0 aliphatic rings. The van der Waals surface area contributed by atoms with Crippen molar-refractivity contribution in [3.63, 3.8) is 0 Å². The predicted molar refractivity (Wildman–Crippen MR) is 84.2 cm³/mol. The topological polar surface area (TPSA) is 73.1 Å². The van der Waals surface area contributed by atoms with Crippen molar-refractivity contribution < 1.29 is 4.74 Å². The van der Waals surface area contributed by atoms with Gasteiger partial charge in [-0.25, -0.2) is 9.97 Å². The Kier molecular flexibility index (Phi) is 4.10. The van der Waals surface area contributed by atoms with Crippen LogP contribution in [0.4, 0.5) is 0 Å². The summed E-state index contributed by atoms with van der Waals surface area (Å²) < 4.78 is 6.48. The van der Waals surface area contributed by atoms with Crippen LogP contribution in [0.15, 0.2) is 42.6 Å². The number of ether oxygens (including phenoxy) is 1. The van der Waals surface area contributed by atoms with E-state index in [-0.39, 0.29) is 6.04 Å². The number of fused-ring (bicyclic) bond motifs is 1. The van der Waals surface area contributed by atoms with E-state index in [1.165, 1.54) is 4.70 Å². The lowest BCUT2D eigenvalue weighted by Crippen LogP contribution is -2.30. The van der Waals surface area contributed by atoms with Gasteiger partial charge in [-0.3, -0.25) is 11.3 Å². The third-order valence-corrected chi connectivity index (χ3v) is 4.35. The lowest BCUT2D eigenvalue weighted by Gasteiger charge is -2.16. The number of nitrogens with one attached hydrogen (secondary N) is 1. The summed E-state index contributed by atoms with van der Waals surface area (Å²) in [4.78, 5) is 8.86. The number of nitrogens with two attached hydrogens (primary N) is 1. The Labute approximate surface area is 126 Å². The Morgan fingerprint density at radius 1 is 1.29 bits per heavy atom. The maximum absolute atomic E-state index is 5.71. The zero-order valence-corrected chi connectivity index (χ0v) is 12.4. The summed E-state index contributed by atoms with van der Waals surface area (Å²) in [6.07, 6.45) is 2.39. The fourth-order valence-corrected chi connectivity index (χ4v) is 3.29. The van der Waals surface area contributed by atoms with Gasteiger partial charge in [-0.15, -0.1) is 11.3 Å². The molecule has 0 saturated carbocycles. The van der Waals surface area contributed by atoms with Crippen molar-refractivity contribution in [1.29, 1.82) is 0 Å². The number of aromatic nitrogens is 2. The molecule has 0 aliphatic carbocycles. The Bertz CT molecular complexity index is 710. The number of benzene rings is 1. The lowest BCUT2D eigenvalue weighted by molar-refractivity contribution is 0.382. The van der Waals surface area contributed by atoms with Crippen LogP contribution in [0.25, 0.3) is 10.2 Å². The van der Waals surface area contributed by atoms with Crippen LogP contribution in [0.5, 0.6) is 5.88 Å². The molecular formula is C15H16N4OS. The molecule has 5 nitrogen and oxygen atoms in total. The highest BCUT2D eigenvalue weighted by molar-refractivity contribution is 7.18. The highest BCUT2D eigenvalue weighted by Crippen LogP contribution is 2.28. The van der Waals surface area contributed by atoms with E-state index in [0.29, 0.717) is 12.3 Å².